The van der Waals surface area contributed by atoms with Crippen LogP contribution in [0.1, 0.15) is 29.8 Å². The zero-order valence-electron chi connectivity index (χ0n) is 14.5. The second kappa shape index (κ2) is 7.22. The minimum atomic E-state index is -1.24. The third-order valence-corrected chi connectivity index (χ3v) is 4.72. The van der Waals surface area contributed by atoms with Crippen molar-refractivity contribution in [3.05, 3.63) is 69.0 Å². The van der Waals surface area contributed by atoms with Gasteiger partial charge in [-0.05, 0) is 37.1 Å². The van der Waals surface area contributed by atoms with Crippen molar-refractivity contribution in [3.8, 4) is 0 Å². The van der Waals surface area contributed by atoms with E-state index in [1.165, 1.54) is 6.20 Å². The zero-order valence-corrected chi connectivity index (χ0v) is 15.3. The first-order valence-corrected chi connectivity index (χ1v) is 8.79. The molecule has 3 rings (SSSR count). The monoisotopic (exact) mass is 370 g/mol. The molecule has 0 aliphatic rings. The van der Waals surface area contributed by atoms with E-state index in [2.05, 4.69) is 12.2 Å². The van der Waals surface area contributed by atoms with Crippen LogP contribution < -0.4 is 10.7 Å². The van der Waals surface area contributed by atoms with Gasteiger partial charge in [-0.25, -0.2) is 4.79 Å². The predicted molar refractivity (Wildman–Crippen MR) is 105 cm³/mol. The van der Waals surface area contributed by atoms with E-state index in [9.17, 15) is 14.7 Å². The van der Waals surface area contributed by atoms with Crippen LogP contribution in [0.4, 0.5) is 11.4 Å². The van der Waals surface area contributed by atoms with Gasteiger partial charge >= 0.3 is 5.97 Å². The highest BCUT2D eigenvalue weighted by molar-refractivity contribution is 6.34. The summed E-state index contributed by atoms with van der Waals surface area (Å²) in [6, 6.07) is 11.2. The first-order valence-electron chi connectivity index (χ1n) is 8.41. The maximum atomic E-state index is 12.6. The number of benzene rings is 2. The van der Waals surface area contributed by atoms with Crippen LogP contribution in [0, 0.1) is 0 Å². The normalized spacial score (nSPS) is 10.9. The topological polar surface area (TPSA) is 71.3 Å². The lowest BCUT2D eigenvalue weighted by molar-refractivity contribution is 0.0695. The highest BCUT2D eigenvalue weighted by Crippen LogP contribution is 2.31. The van der Waals surface area contributed by atoms with E-state index in [-0.39, 0.29) is 5.56 Å². The maximum absolute atomic E-state index is 12.6. The molecule has 0 atom stereocenters. The van der Waals surface area contributed by atoms with Crippen LogP contribution in [0.2, 0.25) is 5.02 Å². The van der Waals surface area contributed by atoms with Crippen molar-refractivity contribution in [2.45, 2.75) is 26.8 Å². The van der Waals surface area contributed by atoms with E-state index in [0.717, 1.165) is 17.7 Å². The van der Waals surface area contributed by atoms with Crippen molar-refractivity contribution >= 4 is 39.8 Å². The molecule has 1 heterocycles. The molecule has 0 saturated carbocycles. The number of hydrogen-bond donors (Lipinski definition) is 2. The molecule has 0 aliphatic heterocycles. The van der Waals surface area contributed by atoms with Gasteiger partial charge in [-0.15, -0.1) is 0 Å². The lowest BCUT2D eigenvalue weighted by atomic mass is 10.1. The van der Waals surface area contributed by atoms with Crippen LogP contribution >= 0.6 is 11.6 Å². The summed E-state index contributed by atoms with van der Waals surface area (Å²) >= 11 is 6.44. The van der Waals surface area contributed by atoms with Crippen molar-refractivity contribution in [2.24, 2.45) is 0 Å². The molecule has 0 spiro atoms. The number of carbonyl (C=O) groups is 1. The first kappa shape index (κ1) is 18.0. The van der Waals surface area contributed by atoms with E-state index in [1.807, 2.05) is 31.2 Å². The fraction of sp³-hybridized carbons (Fsp3) is 0.200. The quantitative estimate of drug-likeness (QED) is 0.684. The molecule has 0 bridgehead atoms. The number of halogens is 1. The second-order valence-corrected chi connectivity index (χ2v) is 6.36. The third-order valence-electron chi connectivity index (χ3n) is 4.41. The Bertz CT molecular complexity index is 1060. The smallest absolute Gasteiger partial charge is 0.341 e. The van der Waals surface area contributed by atoms with Crippen LogP contribution in [0.5, 0.6) is 0 Å². The van der Waals surface area contributed by atoms with Crippen molar-refractivity contribution < 1.29 is 9.90 Å². The van der Waals surface area contributed by atoms with Crippen molar-refractivity contribution in [1.29, 1.82) is 0 Å². The fourth-order valence-corrected chi connectivity index (χ4v) is 3.22. The number of hydrogen-bond acceptors (Lipinski definition) is 3. The fourth-order valence-electron chi connectivity index (χ4n) is 3.02. The Morgan fingerprint density at radius 1 is 1.19 bits per heavy atom. The maximum Gasteiger partial charge on any atom is 0.341 e. The summed E-state index contributed by atoms with van der Waals surface area (Å²) in [5.74, 6) is -1.24. The van der Waals surface area contributed by atoms with Crippen LogP contribution in [0.3, 0.4) is 0 Å². The Hall–Kier alpha value is -2.79. The number of carboxylic acid groups (broad SMARTS) is 1. The van der Waals surface area contributed by atoms with Crippen LogP contribution in [-0.2, 0) is 13.0 Å². The van der Waals surface area contributed by atoms with Gasteiger partial charge in [0, 0.05) is 23.8 Å². The number of aryl methyl sites for hydroxylation is 2. The zero-order chi connectivity index (χ0) is 18.8. The second-order valence-electron chi connectivity index (χ2n) is 5.95. The van der Waals surface area contributed by atoms with Crippen LogP contribution in [0.25, 0.3) is 10.9 Å². The van der Waals surface area contributed by atoms with E-state index in [0.29, 0.717) is 28.2 Å². The molecular formula is C20H19ClN2O3. The van der Waals surface area contributed by atoms with Crippen molar-refractivity contribution in [2.75, 3.05) is 5.32 Å². The molecule has 2 N–H and O–H groups in total. The number of carboxylic acids is 1. The van der Waals surface area contributed by atoms with E-state index < -0.39 is 11.4 Å². The summed E-state index contributed by atoms with van der Waals surface area (Å²) in [7, 11) is 0. The van der Waals surface area contributed by atoms with Gasteiger partial charge in [0.25, 0.3) is 0 Å². The number of para-hydroxylation sites is 1. The highest BCUT2D eigenvalue weighted by atomic mass is 35.5. The molecule has 2 aromatic carbocycles. The van der Waals surface area contributed by atoms with Gasteiger partial charge in [-0.2, -0.15) is 0 Å². The summed E-state index contributed by atoms with van der Waals surface area (Å²) in [5.41, 5.74) is 2.45. The minimum Gasteiger partial charge on any atom is -0.477 e. The molecule has 3 aromatic rings. The van der Waals surface area contributed by atoms with Gasteiger partial charge in [-0.3, -0.25) is 4.79 Å². The van der Waals surface area contributed by atoms with E-state index in [1.54, 1.807) is 16.7 Å². The van der Waals surface area contributed by atoms with Gasteiger partial charge < -0.3 is 15.0 Å². The average Bonchev–Trinajstić information content (AvgIpc) is 2.63. The molecule has 6 heteroatoms. The van der Waals surface area contributed by atoms with Crippen LogP contribution in [0.15, 0.2) is 47.4 Å². The molecule has 0 unspecified atom stereocenters. The Morgan fingerprint density at radius 3 is 2.58 bits per heavy atom. The molecule has 0 radical (unpaired) electrons. The van der Waals surface area contributed by atoms with Crippen molar-refractivity contribution in [3.63, 3.8) is 0 Å². The minimum absolute atomic E-state index is 0.249. The number of nitrogens with zero attached hydrogens (tertiary/aromatic N) is 1. The molecule has 5 nitrogen and oxygen atoms in total. The number of aromatic nitrogens is 1. The number of aromatic carboxylic acids is 1. The number of rotatable bonds is 5. The summed E-state index contributed by atoms with van der Waals surface area (Å²) in [5, 5.41) is 13.4. The molecule has 134 valence electrons. The van der Waals surface area contributed by atoms with Gasteiger partial charge in [-0.1, -0.05) is 36.7 Å². The predicted octanol–water partition coefficient (Wildman–Crippen LogP) is 4.68. The van der Waals surface area contributed by atoms with Gasteiger partial charge in [0.15, 0.2) is 0 Å². The summed E-state index contributed by atoms with van der Waals surface area (Å²) in [6.45, 7) is 4.47. The third kappa shape index (κ3) is 3.18. The molecular weight excluding hydrogens is 352 g/mol. The summed E-state index contributed by atoms with van der Waals surface area (Å²) < 4.78 is 1.72. The van der Waals surface area contributed by atoms with Crippen molar-refractivity contribution in [1.82, 2.24) is 4.57 Å². The number of pyridine rings is 1. The Balaban J connectivity index is 2.22. The molecule has 1 aromatic heterocycles. The van der Waals surface area contributed by atoms with Gasteiger partial charge in [0.05, 0.1) is 16.2 Å². The molecule has 0 aliphatic carbocycles. The Morgan fingerprint density at radius 2 is 1.92 bits per heavy atom. The van der Waals surface area contributed by atoms with E-state index in [4.69, 9.17) is 11.6 Å². The molecule has 0 fully saturated rings. The van der Waals surface area contributed by atoms with Gasteiger partial charge in [0.1, 0.15) is 5.56 Å². The highest BCUT2D eigenvalue weighted by Gasteiger charge is 2.16. The summed E-state index contributed by atoms with van der Waals surface area (Å²) in [4.78, 5) is 24.0. The SMILES string of the molecule is CCc1ccccc1Nc1cc2c(=O)c(C(=O)O)cn(CC)c2cc1Cl. The lowest BCUT2D eigenvalue weighted by Crippen LogP contribution is -2.18. The summed E-state index contributed by atoms with van der Waals surface area (Å²) in [6.07, 6.45) is 2.21. The lowest BCUT2D eigenvalue weighted by Gasteiger charge is -2.15. The standard InChI is InChI=1S/C20H19ClN2O3/c1-3-12-7-5-6-8-16(12)22-17-9-13-18(10-15(17)21)23(4-2)11-14(19(13)24)20(25)26/h5-11,22H,3-4H2,1-2H3,(H,25,26). The Labute approximate surface area is 155 Å². The number of nitrogens with one attached hydrogen (secondary N) is 1. The largest absolute Gasteiger partial charge is 0.477 e. The number of fused-ring (bicyclic) bond motifs is 1. The molecule has 26 heavy (non-hydrogen) atoms. The first-order chi connectivity index (χ1) is 12.5. The average molecular weight is 371 g/mol. The Kier molecular flexibility index (Phi) is 5.00. The molecule has 0 amide bonds. The molecule has 0 saturated heterocycles. The van der Waals surface area contributed by atoms with Gasteiger partial charge in [0.2, 0.25) is 5.43 Å². The number of anilines is 2. The van der Waals surface area contributed by atoms with Crippen LogP contribution in [-0.4, -0.2) is 15.6 Å². The van der Waals surface area contributed by atoms with E-state index >= 15 is 0 Å².